The summed E-state index contributed by atoms with van der Waals surface area (Å²) in [4.78, 5) is 4.46. The topological polar surface area (TPSA) is 75.3 Å². The highest BCUT2D eigenvalue weighted by Gasteiger charge is 2.33. The smallest absolute Gasteiger partial charge is 0.178 e. The summed E-state index contributed by atoms with van der Waals surface area (Å²) in [6.45, 7) is 1.88. The molecule has 3 aromatic heterocycles. The number of aromatic nitrogens is 6. The molecule has 0 atom stereocenters. The molecule has 0 spiro atoms. The van der Waals surface area contributed by atoms with E-state index in [2.05, 4.69) is 35.8 Å². The van der Waals surface area contributed by atoms with Crippen LogP contribution in [0.25, 0.3) is 5.65 Å². The molecule has 5 rings (SSSR count). The average Bonchev–Trinajstić information content (AvgIpc) is 3.06. The second-order valence-electron chi connectivity index (χ2n) is 6.23. The van der Waals surface area contributed by atoms with Crippen molar-refractivity contribution in [2.24, 2.45) is 0 Å². The molecule has 2 aliphatic rings. The van der Waals surface area contributed by atoms with Gasteiger partial charge in [0.05, 0.1) is 24.0 Å². The molecule has 0 aromatic carbocycles. The first-order valence-electron chi connectivity index (χ1n) is 7.77. The van der Waals surface area contributed by atoms with Crippen molar-refractivity contribution in [1.82, 2.24) is 28.6 Å². The van der Waals surface area contributed by atoms with Crippen molar-refractivity contribution in [3.8, 4) is 0 Å². The zero-order valence-corrected chi connectivity index (χ0v) is 13.5. The fraction of sp³-hybridized carbons (Fsp3) is 0.500. The summed E-state index contributed by atoms with van der Waals surface area (Å²) in [6, 6.07) is 4.48. The first-order valence-corrected chi connectivity index (χ1v) is 8.50. The molecular formula is C14H16N8S. The van der Waals surface area contributed by atoms with Crippen LogP contribution in [-0.2, 0) is 0 Å². The maximum absolute atomic E-state index is 4.75. The predicted octanol–water partition coefficient (Wildman–Crippen LogP) is 1.18. The summed E-state index contributed by atoms with van der Waals surface area (Å²) in [7, 11) is 2.07. The van der Waals surface area contributed by atoms with Crippen LogP contribution in [0.1, 0.15) is 24.6 Å². The van der Waals surface area contributed by atoms with Crippen molar-refractivity contribution in [1.29, 1.82) is 0 Å². The Labute approximate surface area is 137 Å². The van der Waals surface area contributed by atoms with Gasteiger partial charge in [-0.1, -0.05) is 0 Å². The Kier molecular flexibility index (Phi) is 2.78. The van der Waals surface area contributed by atoms with E-state index < -0.39 is 0 Å². The molecule has 0 amide bonds. The van der Waals surface area contributed by atoms with Crippen molar-refractivity contribution in [2.45, 2.75) is 24.8 Å². The van der Waals surface area contributed by atoms with Gasteiger partial charge in [0.15, 0.2) is 17.3 Å². The molecule has 0 radical (unpaired) electrons. The summed E-state index contributed by atoms with van der Waals surface area (Å²) in [5.41, 5.74) is 0.832. The zero-order valence-electron chi connectivity index (χ0n) is 12.7. The van der Waals surface area contributed by atoms with Crippen LogP contribution in [-0.4, -0.2) is 54.7 Å². The number of nitrogens with zero attached hydrogens (tertiary/aromatic N) is 8. The number of hydrogen-bond donors (Lipinski definition) is 0. The van der Waals surface area contributed by atoms with Gasteiger partial charge in [-0.25, -0.2) is 0 Å². The fourth-order valence-corrected chi connectivity index (χ4v) is 3.40. The summed E-state index contributed by atoms with van der Waals surface area (Å²) >= 11 is 1.24. The van der Waals surface area contributed by atoms with Crippen molar-refractivity contribution >= 4 is 29.0 Å². The lowest BCUT2D eigenvalue weighted by Gasteiger charge is -2.44. The maximum Gasteiger partial charge on any atom is 0.178 e. The lowest BCUT2D eigenvalue weighted by molar-refractivity contribution is 0.487. The Morgan fingerprint density at radius 2 is 2.09 bits per heavy atom. The van der Waals surface area contributed by atoms with Gasteiger partial charge in [0.2, 0.25) is 0 Å². The lowest BCUT2D eigenvalue weighted by atomic mass is 10.1. The number of likely N-dealkylation sites (N-methyl/N-ethyl adjacent to an activating group) is 1. The maximum atomic E-state index is 4.75. The molecule has 118 valence electrons. The van der Waals surface area contributed by atoms with Crippen molar-refractivity contribution in [2.75, 3.05) is 29.9 Å². The third kappa shape index (κ3) is 2.14. The Morgan fingerprint density at radius 3 is 2.83 bits per heavy atom. The van der Waals surface area contributed by atoms with E-state index in [-0.39, 0.29) is 0 Å². The first-order chi connectivity index (χ1) is 11.3. The lowest BCUT2D eigenvalue weighted by Crippen LogP contribution is -2.59. The van der Waals surface area contributed by atoms with E-state index in [0.29, 0.717) is 12.0 Å². The summed E-state index contributed by atoms with van der Waals surface area (Å²) in [6.07, 6.45) is 4.21. The van der Waals surface area contributed by atoms with Crippen molar-refractivity contribution < 1.29 is 0 Å². The van der Waals surface area contributed by atoms with Crippen LogP contribution >= 0.6 is 11.7 Å². The number of rotatable bonds is 4. The molecule has 0 bridgehead atoms. The summed E-state index contributed by atoms with van der Waals surface area (Å²) < 4.78 is 10.3. The monoisotopic (exact) mass is 328 g/mol. The van der Waals surface area contributed by atoms with E-state index in [9.17, 15) is 0 Å². The summed E-state index contributed by atoms with van der Waals surface area (Å²) in [5, 5.41) is 13.2. The minimum absolute atomic E-state index is 0.445. The largest absolute Gasteiger partial charge is 0.351 e. The predicted molar refractivity (Wildman–Crippen MR) is 87.1 cm³/mol. The summed E-state index contributed by atoms with van der Waals surface area (Å²) in [5.74, 6) is 3.47. The van der Waals surface area contributed by atoms with Crippen LogP contribution < -0.4 is 9.80 Å². The minimum Gasteiger partial charge on any atom is -0.351 e. The van der Waals surface area contributed by atoms with Gasteiger partial charge in [0.25, 0.3) is 0 Å². The SMILES string of the molecule is CN(c1cnsn1)C1CN(c2ccc3nnc(C4CC4)n3n2)C1. The van der Waals surface area contributed by atoms with Crippen LogP contribution in [0.2, 0.25) is 0 Å². The minimum atomic E-state index is 0.445. The third-order valence-corrected chi connectivity index (χ3v) is 5.13. The molecule has 0 N–H and O–H groups in total. The van der Waals surface area contributed by atoms with E-state index in [1.165, 1.54) is 24.6 Å². The molecule has 1 aliphatic carbocycles. The number of hydrogen-bond acceptors (Lipinski definition) is 8. The first kappa shape index (κ1) is 13.2. The van der Waals surface area contributed by atoms with Gasteiger partial charge >= 0.3 is 0 Å². The molecule has 0 unspecified atom stereocenters. The molecule has 3 aromatic rings. The van der Waals surface area contributed by atoms with Crippen LogP contribution in [0.3, 0.4) is 0 Å². The van der Waals surface area contributed by atoms with Crippen LogP contribution in [0, 0.1) is 0 Å². The molecule has 2 fully saturated rings. The van der Waals surface area contributed by atoms with Gasteiger partial charge in [-0.15, -0.1) is 15.3 Å². The molecule has 9 heteroatoms. The molecule has 1 aliphatic heterocycles. The second-order valence-corrected chi connectivity index (χ2v) is 6.79. The van der Waals surface area contributed by atoms with Crippen molar-refractivity contribution in [3.63, 3.8) is 0 Å². The van der Waals surface area contributed by atoms with E-state index in [1.54, 1.807) is 0 Å². The van der Waals surface area contributed by atoms with Crippen LogP contribution in [0.4, 0.5) is 11.6 Å². The normalized spacial score (nSPS) is 18.4. The van der Waals surface area contributed by atoms with Crippen LogP contribution in [0.5, 0.6) is 0 Å². The van der Waals surface area contributed by atoms with Gasteiger partial charge in [-0.05, 0) is 25.0 Å². The number of fused-ring (bicyclic) bond motifs is 1. The Hall–Kier alpha value is -2.29. The Bertz CT molecular complexity index is 834. The highest BCUT2D eigenvalue weighted by molar-refractivity contribution is 6.99. The number of anilines is 2. The molecule has 8 nitrogen and oxygen atoms in total. The molecule has 4 heterocycles. The molecule has 1 saturated carbocycles. The average molecular weight is 328 g/mol. The fourth-order valence-electron chi connectivity index (χ4n) is 2.95. The second kappa shape index (κ2) is 4.85. The highest BCUT2D eigenvalue weighted by Crippen LogP contribution is 2.38. The standard InChI is InChI=1S/C14H16N8S/c1-20(13-6-15-23-19-13)10-7-21(8-10)12-5-4-11-16-17-14(9-2-3-9)22(11)18-12/h4-6,9-10H,2-3,7-8H2,1H3. The molecular weight excluding hydrogens is 312 g/mol. The van der Waals surface area contributed by atoms with Gasteiger partial charge in [0.1, 0.15) is 5.82 Å². The van der Waals surface area contributed by atoms with Gasteiger partial charge < -0.3 is 9.80 Å². The van der Waals surface area contributed by atoms with Gasteiger partial charge in [-0.3, -0.25) is 0 Å². The van der Waals surface area contributed by atoms with E-state index in [0.717, 1.165) is 36.2 Å². The highest BCUT2D eigenvalue weighted by atomic mass is 32.1. The van der Waals surface area contributed by atoms with E-state index >= 15 is 0 Å². The molecule has 1 saturated heterocycles. The van der Waals surface area contributed by atoms with E-state index in [4.69, 9.17) is 5.10 Å². The van der Waals surface area contributed by atoms with Crippen molar-refractivity contribution in [3.05, 3.63) is 24.2 Å². The zero-order chi connectivity index (χ0) is 15.4. The van der Waals surface area contributed by atoms with Gasteiger partial charge in [0, 0.05) is 26.1 Å². The Balaban J connectivity index is 1.35. The van der Waals surface area contributed by atoms with Gasteiger partial charge in [-0.2, -0.15) is 13.3 Å². The Morgan fingerprint density at radius 1 is 1.22 bits per heavy atom. The quantitative estimate of drug-likeness (QED) is 0.712. The van der Waals surface area contributed by atoms with Crippen LogP contribution in [0.15, 0.2) is 18.3 Å². The molecule has 23 heavy (non-hydrogen) atoms. The third-order valence-electron chi connectivity index (χ3n) is 4.66. The van der Waals surface area contributed by atoms with E-state index in [1.807, 2.05) is 22.8 Å².